The SMILES string of the molecule is CC(O)C(NC(=O)C(N)CS)C(=O)NC(Cc1ccccc1)C(=O)NC(CC(=O)O)C(=O)O. The number of hydrogen-bond donors (Lipinski definition) is 8. The van der Waals surface area contributed by atoms with Crippen LogP contribution in [0.2, 0.25) is 0 Å². The van der Waals surface area contributed by atoms with Crippen molar-refractivity contribution in [1.82, 2.24) is 16.0 Å². The number of carbonyl (C=O) groups excluding carboxylic acids is 3. The molecule has 0 aliphatic rings. The molecule has 12 nitrogen and oxygen atoms in total. The van der Waals surface area contributed by atoms with Crippen LogP contribution in [0.1, 0.15) is 18.9 Å². The number of aliphatic carboxylic acids is 2. The molecule has 0 fully saturated rings. The first kappa shape index (κ1) is 27.9. The monoisotopic (exact) mass is 484 g/mol. The molecule has 13 heteroatoms. The molecular formula is C20H28N4O8S. The Balaban J connectivity index is 3.10. The van der Waals surface area contributed by atoms with Crippen molar-refractivity contribution in [3.05, 3.63) is 35.9 Å². The van der Waals surface area contributed by atoms with Gasteiger partial charge in [-0.15, -0.1) is 0 Å². The van der Waals surface area contributed by atoms with Gasteiger partial charge in [0, 0.05) is 12.2 Å². The normalized spacial score (nSPS) is 15.3. The Hall–Kier alpha value is -3.16. The second kappa shape index (κ2) is 13.4. The number of benzene rings is 1. The number of hydrogen-bond acceptors (Lipinski definition) is 8. The van der Waals surface area contributed by atoms with E-state index in [4.69, 9.17) is 10.8 Å². The zero-order valence-electron chi connectivity index (χ0n) is 17.8. The van der Waals surface area contributed by atoms with Gasteiger partial charge in [-0.05, 0) is 12.5 Å². The number of carboxylic acid groups (broad SMARTS) is 2. The molecule has 0 radical (unpaired) electrons. The molecule has 8 N–H and O–H groups in total. The Morgan fingerprint density at radius 2 is 1.52 bits per heavy atom. The maximum atomic E-state index is 12.8. The zero-order valence-corrected chi connectivity index (χ0v) is 18.7. The van der Waals surface area contributed by atoms with E-state index in [2.05, 4.69) is 28.6 Å². The maximum absolute atomic E-state index is 12.8. The summed E-state index contributed by atoms with van der Waals surface area (Å²) < 4.78 is 0. The fourth-order valence-corrected chi connectivity index (χ4v) is 2.88. The van der Waals surface area contributed by atoms with Gasteiger partial charge in [-0.2, -0.15) is 12.6 Å². The van der Waals surface area contributed by atoms with Crippen molar-refractivity contribution >= 4 is 42.3 Å². The minimum absolute atomic E-state index is 0.0147. The lowest BCUT2D eigenvalue weighted by Crippen LogP contribution is -2.60. The van der Waals surface area contributed by atoms with Crippen LogP contribution in [-0.4, -0.2) is 81.0 Å². The summed E-state index contributed by atoms with van der Waals surface area (Å²) in [4.78, 5) is 59.9. The molecule has 0 aliphatic heterocycles. The lowest BCUT2D eigenvalue weighted by atomic mass is 10.0. The molecular weight excluding hydrogens is 456 g/mol. The predicted octanol–water partition coefficient (Wildman–Crippen LogP) is -2.12. The van der Waals surface area contributed by atoms with Crippen LogP contribution in [0.25, 0.3) is 0 Å². The third kappa shape index (κ3) is 9.47. The average molecular weight is 485 g/mol. The van der Waals surface area contributed by atoms with E-state index in [9.17, 15) is 34.2 Å². The summed E-state index contributed by atoms with van der Waals surface area (Å²) in [5.74, 6) is -5.65. The van der Waals surface area contributed by atoms with E-state index in [0.717, 1.165) is 0 Å². The van der Waals surface area contributed by atoms with Crippen LogP contribution in [0.4, 0.5) is 0 Å². The highest BCUT2D eigenvalue weighted by Crippen LogP contribution is 2.06. The van der Waals surface area contributed by atoms with Crippen molar-refractivity contribution in [1.29, 1.82) is 0 Å². The summed E-state index contributed by atoms with van der Waals surface area (Å²) in [5.41, 5.74) is 6.18. The summed E-state index contributed by atoms with van der Waals surface area (Å²) in [6.07, 6.45) is -2.31. The second-order valence-corrected chi connectivity index (χ2v) is 7.63. The van der Waals surface area contributed by atoms with E-state index in [-0.39, 0.29) is 12.2 Å². The molecule has 0 saturated heterocycles. The molecule has 1 rings (SSSR count). The maximum Gasteiger partial charge on any atom is 0.326 e. The molecule has 5 unspecified atom stereocenters. The van der Waals surface area contributed by atoms with Crippen molar-refractivity contribution in [2.24, 2.45) is 5.73 Å². The Morgan fingerprint density at radius 1 is 0.939 bits per heavy atom. The van der Waals surface area contributed by atoms with Gasteiger partial charge < -0.3 is 37.0 Å². The molecule has 182 valence electrons. The Bertz CT molecular complexity index is 852. The minimum Gasteiger partial charge on any atom is -0.481 e. The summed E-state index contributed by atoms with van der Waals surface area (Å²) in [6.45, 7) is 1.25. The van der Waals surface area contributed by atoms with Crippen LogP contribution >= 0.6 is 12.6 Å². The third-order valence-corrected chi connectivity index (χ3v) is 4.90. The molecule has 0 spiro atoms. The highest BCUT2D eigenvalue weighted by atomic mass is 32.1. The molecule has 1 aromatic carbocycles. The Labute approximate surface area is 195 Å². The topological polar surface area (TPSA) is 208 Å². The van der Waals surface area contributed by atoms with Gasteiger partial charge in [-0.3, -0.25) is 19.2 Å². The van der Waals surface area contributed by atoms with Crippen LogP contribution in [0.3, 0.4) is 0 Å². The first-order chi connectivity index (χ1) is 15.5. The van der Waals surface area contributed by atoms with Gasteiger partial charge >= 0.3 is 11.9 Å². The molecule has 1 aromatic rings. The number of aliphatic hydroxyl groups is 1. The standard InChI is InChI=1S/C20H28N4O8S/c1-10(25)16(24-17(28)12(21)9-33)19(30)22-13(7-11-5-3-2-4-6-11)18(29)23-14(20(31)32)8-15(26)27/h2-6,10,12-14,16,25,33H,7-9,21H2,1H3,(H,22,30)(H,23,29)(H,24,28)(H,26,27)(H,31,32). The second-order valence-electron chi connectivity index (χ2n) is 7.26. The Morgan fingerprint density at radius 3 is 2.00 bits per heavy atom. The molecule has 33 heavy (non-hydrogen) atoms. The largest absolute Gasteiger partial charge is 0.481 e. The summed E-state index contributed by atoms with van der Waals surface area (Å²) in [5, 5.41) is 34.8. The number of nitrogens with one attached hydrogen (secondary N) is 3. The fraction of sp³-hybridized carbons (Fsp3) is 0.450. The van der Waals surface area contributed by atoms with Crippen LogP contribution in [0, 0.1) is 0 Å². The van der Waals surface area contributed by atoms with Crippen LogP contribution in [0.5, 0.6) is 0 Å². The van der Waals surface area contributed by atoms with E-state index < -0.39 is 66.4 Å². The summed E-state index contributed by atoms with van der Waals surface area (Å²) in [6, 6.07) is 2.85. The first-order valence-electron chi connectivity index (χ1n) is 9.90. The van der Waals surface area contributed by atoms with E-state index >= 15 is 0 Å². The first-order valence-corrected chi connectivity index (χ1v) is 10.5. The number of thiol groups is 1. The van der Waals surface area contributed by atoms with Gasteiger partial charge in [0.15, 0.2) is 0 Å². The van der Waals surface area contributed by atoms with E-state index in [1.54, 1.807) is 30.3 Å². The number of carbonyl (C=O) groups is 5. The average Bonchev–Trinajstić information content (AvgIpc) is 2.75. The number of aliphatic hydroxyl groups excluding tert-OH is 1. The summed E-state index contributed by atoms with van der Waals surface area (Å²) in [7, 11) is 0. The van der Waals surface area contributed by atoms with E-state index in [1.165, 1.54) is 6.92 Å². The van der Waals surface area contributed by atoms with Crippen LogP contribution in [0.15, 0.2) is 30.3 Å². The van der Waals surface area contributed by atoms with Crippen LogP contribution < -0.4 is 21.7 Å². The van der Waals surface area contributed by atoms with Gasteiger partial charge in [0.1, 0.15) is 18.1 Å². The van der Waals surface area contributed by atoms with Gasteiger partial charge in [0.05, 0.1) is 18.6 Å². The molecule has 5 atom stereocenters. The molecule has 0 aromatic heterocycles. The van der Waals surface area contributed by atoms with Crippen molar-refractivity contribution in [2.75, 3.05) is 5.75 Å². The molecule has 3 amide bonds. The highest BCUT2D eigenvalue weighted by molar-refractivity contribution is 7.80. The van der Waals surface area contributed by atoms with E-state index in [0.29, 0.717) is 5.56 Å². The number of rotatable bonds is 13. The van der Waals surface area contributed by atoms with Gasteiger partial charge in [-0.25, -0.2) is 4.79 Å². The van der Waals surface area contributed by atoms with Crippen LogP contribution in [-0.2, 0) is 30.4 Å². The lowest BCUT2D eigenvalue weighted by Gasteiger charge is -2.26. The summed E-state index contributed by atoms with van der Waals surface area (Å²) >= 11 is 3.90. The van der Waals surface area contributed by atoms with Gasteiger partial charge in [0.2, 0.25) is 17.7 Å². The smallest absolute Gasteiger partial charge is 0.326 e. The zero-order chi connectivity index (χ0) is 25.1. The highest BCUT2D eigenvalue weighted by Gasteiger charge is 2.32. The lowest BCUT2D eigenvalue weighted by molar-refractivity contribution is -0.147. The molecule has 0 bridgehead atoms. The van der Waals surface area contributed by atoms with Gasteiger partial charge in [-0.1, -0.05) is 30.3 Å². The number of carboxylic acids is 2. The van der Waals surface area contributed by atoms with Crippen molar-refractivity contribution in [3.8, 4) is 0 Å². The third-order valence-electron chi connectivity index (χ3n) is 4.51. The minimum atomic E-state index is -1.73. The molecule has 0 heterocycles. The fourth-order valence-electron chi connectivity index (χ4n) is 2.72. The number of nitrogens with two attached hydrogens (primary N) is 1. The molecule has 0 saturated carbocycles. The predicted molar refractivity (Wildman–Crippen MR) is 119 cm³/mol. The van der Waals surface area contributed by atoms with E-state index in [1.807, 2.05) is 0 Å². The van der Waals surface area contributed by atoms with Gasteiger partial charge in [0.25, 0.3) is 0 Å². The van der Waals surface area contributed by atoms with Crippen molar-refractivity contribution < 1.29 is 39.3 Å². The quantitative estimate of drug-likeness (QED) is 0.144. The number of amides is 3. The molecule has 0 aliphatic carbocycles. The van der Waals surface area contributed by atoms with Crippen molar-refractivity contribution in [3.63, 3.8) is 0 Å². The Kier molecular flexibility index (Phi) is 11.3. The van der Waals surface area contributed by atoms with Crippen molar-refractivity contribution in [2.45, 2.75) is 50.0 Å².